The van der Waals surface area contributed by atoms with Crippen LogP contribution in [0.25, 0.3) is 0 Å². The maximum atomic E-state index is 12.3. The van der Waals surface area contributed by atoms with E-state index in [1.807, 2.05) is 31.2 Å². The Balaban J connectivity index is 1.90. The zero-order chi connectivity index (χ0) is 16.4. The van der Waals surface area contributed by atoms with Gasteiger partial charge in [0.05, 0.1) is 19.6 Å². The fraction of sp³-hybridized carbons (Fsp3) is 0.312. The van der Waals surface area contributed by atoms with Crippen LogP contribution in [-0.2, 0) is 23.6 Å². The minimum atomic E-state index is -0.0453. The molecule has 0 bridgehead atoms. The van der Waals surface area contributed by atoms with Crippen LogP contribution in [0.3, 0.4) is 0 Å². The van der Waals surface area contributed by atoms with Gasteiger partial charge < -0.3 is 10.5 Å². The molecule has 3 rings (SSSR count). The number of anilines is 2. The number of hydrogen-bond donors (Lipinski definition) is 1. The maximum Gasteiger partial charge on any atom is 0.320 e. The van der Waals surface area contributed by atoms with E-state index in [4.69, 9.17) is 22.1 Å². The van der Waals surface area contributed by atoms with Gasteiger partial charge >= 0.3 is 6.01 Å². The molecule has 1 amide bonds. The zero-order valence-corrected chi connectivity index (χ0v) is 13.5. The molecule has 2 N–H and O–H groups in total. The summed E-state index contributed by atoms with van der Waals surface area (Å²) in [5, 5.41) is 0. The van der Waals surface area contributed by atoms with Crippen molar-refractivity contribution in [3.05, 3.63) is 41.0 Å². The smallest absolute Gasteiger partial charge is 0.320 e. The van der Waals surface area contributed by atoms with Crippen LogP contribution in [0, 0.1) is 0 Å². The van der Waals surface area contributed by atoms with Crippen LogP contribution in [0.2, 0.25) is 0 Å². The number of nitrogens with zero attached hydrogens (tertiary/aromatic N) is 3. The Labute approximate surface area is 139 Å². The number of ether oxygens (including phenoxy) is 1. The molecule has 1 aliphatic rings. The molecule has 120 valence electrons. The number of alkyl halides is 1. The molecule has 0 saturated carbocycles. The predicted octanol–water partition coefficient (Wildman–Crippen LogP) is 2.29. The lowest BCUT2D eigenvalue weighted by atomic mass is 10.1. The number of benzene rings is 1. The molecule has 2 heterocycles. The lowest BCUT2D eigenvalue weighted by Crippen LogP contribution is -2.26. The molecule has 0 atom stereocenters. The number of amides is 1. The average molecular weight is 333 g/mol. The number of fused-ring (bicyclic) bond motifs is 1. The summed E-state index contributed by atoms with van der Waals surface area (Å²) in [6.45, 7) is 2.70. The minimum absolute atomic E-state index is 0.0453. The first-order chi connectivity index (χ1) is 11.1. The fourth-order valence-electron chi connectivity index (χ4n) is 2.50. The maximum absolute atomic E-state index is 12.3. The summed E-state index contributed by atoms with van der Waals surface area (Å²) in [6, 6.07) is 8.00. The van der Waals surface area contributed by atoms with Crippen molar-refractivity contribution in [2.45, 2.75) is 25.8 Å². The van der Waals surface area contributed by atoms with Crippen LogP contribution >= 0.6 is 11.6 Å². The Kier molecular flexibility index (Phi) is 4.34. The highest BCUT2D eigenvalue weighted by Crippen LogP contribution is 2.33. The zero-order valence-electron chi connectivity index (χ0n) is 12.8. The molecule has 23 heavy (non-hydrogen) atoms. The first-order valence-electron chi connectivity index (χ1n) is 7.35. The third kappa shape index (κ3) is 3.07. The molecule has 0 unspecified atom stereocenters. The molecule has 1 aromatic carbocycles. The topological polar surface area (TPSA) is 81.3 Å². The molecule has 2 aromatic rings. The van der Waals surface area contributed by atoms with Crippen molar-refractivity contribution in [1.29, 1.82) is 0 Å². The molecule has 0 radical (unpaired) electrons. The molecule has 1 aliphatic heterocycles. The first-order valence-corrected chi connectivity index (χ1v) is 7.89. The standard InChI is InChI=1S/C16H17ClN4O2/c1-2-23-16-19-14(18)12-7-13(22)21(15(12)20-16)9-11-5-3-10(8-17)4-6-11/h3-6H,2,7-9H2,1H3,(H2,18,19,20). The van der Waals surface area contributed by atoms with Gasteiger partial charge in [0.2, 0.25) is 5.91 Å². The van der Waals surface area contributed by atoms with E-state index in [1.54, 1.807) is 4.90 Å². The van der Waals surface area contributed by atoms with Crippen molar-refractivity contribution in [2.24, 2.45) is 0 Å². The average Bonchev–Trinajstić information content (AvgIpc) is 2.86. The number of aromatic nitrogens is 2. The highest BCUT2D eigenvalue weighted by atomic mass is 35.5. The monoisotopic (exact) mass is 332 g/mol. The quantitative estimate of drug-likeness (QED) is 0.849. The van der Waals surface area contributed by atoms with Gasteiger partial charge in [-0.05, 0) is 18.1 Å². The van der Waals surface area contributed by atoms with E-state index in [1.165, 1.54) is 0 Å². The Bertz CT molecular complexity index is 734. The van der Waals surface area contributed by atoms with E-state index >= 15 is 0 Å². The largest absolute Gasteiger partial charge is 0.464 e. The molecule has 0 aliphatic carbocycles. The van der Waals surface area contributed by atoms with Gasteiger partial charge in [-0.2, -0.15) is 9.97 Å². The number of hydrogen-bond acceptors (Lipinski definition) is 5. The van der Waals surface area contributed by atoms with Gasteiger partial charge in [0.15, 0.2) is 0 Å². The van der Waals surface area contributed by atoms with Gasteiger partial charge in [-0.15, -0.1) is 11.6 Å². The van der Waals surface area contributed by atoms with Crippen molar-refractivity contribution in [3.63, 3.8) is 0 Å². The lowest BCUT2D eigenvalue weighted by Gasteiger charge is -2.17. The first kappa shape index (κ1) is 15.6. The van der Waals surface area contributed by atoms with Crippen LogP contribution in [-0.4, -0.2) is 22.5 Å². The summed E-state index contributed by atoms with van der Waals surface area (Å²) in [7, 11) is 0. The second-order valence-corrected chi connectivity index (χ2v) is 5.50. The fourth-order valence-corrected chi connectivity index (χ4v) is 2.68. The molecule has 0 spiro atoms. The summed E-state index contributed by atoms with van der Waals surface area (Å²) in [5.74, 6) is 1.25. The number of nitrogens with two attached hydrogens (primary N) is 1. The van der Waals surface area contributed by atoms with Crippen molar-refractivity contribution >= 4 is 29.1 Å². The summed E-state index contributed by atoms with van der Waals surface area (Å²) >= 11 is 5.79. The molecule has 7 heteroatoms. The van der Waals surface area contributed by atoms with Crippen LogP contribution in [0.4, 0.5) is 11.6 Å². The molecular formula is C16H17ClN4O2. The Morgan fingerprint density at radius 3 is 2.61 bits per heavy atom. The van der Waals surface area contributed by atoms with Gasteiger partial charge in [-0.1, -0.05) is 24.3 Å². The highest BCUT2D eigenvalue weighted by molar-refractivity contribution is 6.17. The van der Waals surface area contributed by atoms with E-state index in [0.29, 0.717) is 36.2 Å². The van der Waals surface area contributed by atoms with Crippen LogP contribution < -0.4 is 15.4 Å². The molecule has 1 aromatic heterocycles. The third-order valence-electron chi connectivity index (χ3n) is 3.67. The van der Waals surface area contributed by atoms with Crippen LogP contribution in [0.15, 0.2) is 24.3 Å². The van der Waals surface area contributed by atoms with Gasteiger partial charge in [0, 0.05) is 11.4 Å². The van der Waals surface area contributed by atoms with Crippen LogP contribution in [0.5, 0.6) is 6.01 Å². The summed E-state index contributed by atoms with van der Waals surface area (Å²) in [6.07, 6.45) is 0.216. The van der Waals surface area contributed by atoms with Gasteiger partial charge in [0.1, 0.15) is 11.6 Å². The van der Waals surface area contributed by atoms with E-state index in [0.717, 1.165) is 11.1 Å². The number of nitrogen functional groups attached to an aromatic ring is 1. The number of carbonyl (C=O) groups is 1. The molecule has 6 nitrogen and oxygen atoms in total. The van der Waals surface area contributed by atoms with Gasteiger partial charge in [-0.3, -0.25) is 9.69 Å². The van der Waals surface area contributed by atoms with Crippen molar-refractivity contribution < 1.29 is 9.53 Å². The van der Waals surface area contributed by atoms with E-state index in [9.17, 15) is 4.79 Å². The van der Waals surface area contributed by atoms with Crippen LogP contribution in [0.1, 0.15) is 23.6 Å². The number of carbonyl (C=O) groups excluding carboxylic acids is 1. The number of halogens is 1. The normalized spacial score (nSPS) is 13.3. The van der Waals surface area contributed by atoms with E-state index < -0.39 is 0 Å². The summed E-state index contributed by atoms with van der Waals surface area (Å²) in [4.78, 5) is 22.4. The third-order valence-corrected chi connectivity index (χ3v) is 3.98. The van der Waals surface area contributed by atoms with Crippen molar-refractivity contribution in [1.82, 2.24) is 9.97 Å². The van der Waals surface area contributed by atoms with Crippen molar-refractivity contribution in [2.75, 3.05) is 17.2 Å². The second kappa shape index (κ2) is 6.42. The predicted molar refractivity (Wildman–Crippen MR) is 88.5 cm³/mol. The minimum Gasteiger partial charge on any atom is -0.464 e. The van der Waals surface area contributed by atoms with E-state index in [-0.39, 0.29) is 18.3 Å². The van der Waals surface area contributed by atoms with Crippen molar-refractivity contribution in [3.8, 4) is 6.01 Å². The molecule has 0 fully saturated rings. The molecule has 0 saturated heterocycles. The lowest BCUT2D eigenvalue weighted by molar-refractivity contribution is -0.117. The summed E-state index contributed by atoms with van der Waals surface area (Å²) in [5.41, 5.74) is 8.63. The van der Waals surface area contributed by atoms with Gasteiger partial charge in [0.25, 0.3) is 0 Å². The molecular weight excluding hydrogens is 316 g/mol. The Morgan fingerprint density at radius 2 is 1.96 bits per heavy atom. The Hall–Kier alpha value is -2.34. The summed E-state index contributed by atoms with van der Waals surface area (Å²) < 4.78 is 5.32. The SMILES string of the molecule is CCOc1nc(N)c2c(n1)N(Cc1ccc(CCl)cc1)C(=O)C2. The van der Waals surface area contributed by atoms with E-state index in [2.05, 4.69) is 9.97 Å². The van der Waals surface area contributed by atoms with Gasteiger partial charge in [-0.25, -0.2) is 0 Å². The number of rotatable bonds is 5. The highest BCUT2D eigenvalue weighted by Gasteiger charge is 2.32. The second-order valence-electron chi connectivity index (χ2n) is 5.23. The Morgan fingerprint density at radius 1 is 1.26 bits per heavy atom.